The van der Waals surface area contributed by atoms with Crippen molar-refractivity contribution in [2.45, 2.75) is 5.88 Å². The van der Waals surface area contributed by atoms with Crippen molar-refractivity contribution >= 4 is 46.4 Å². The molecule has 0 bridgehead atoms. The van der Waals surface area contributed by atoms with Gasteiger partial charge in [-0.25, -0.2) is 0 Å². The van der Waals surface area contributed by atoms with Crippen LogP contribution in [0.4, 0.5) is 0 Å². The van der Waals surface area contributed by atoms with E-state index in [1.807, 2.05) is 24.3 Å². The van der Waals surface area contributed by atoms with Crippen molar-refractivity contribution in [2.24, 2.45) is 0 Å². The fourth-order valence-electron chi connectivity index (χ4n) is 1.67. The number of alkyl halides is 1. The van der Waals surface area contributed by atoms with Crippen LogP contribution in [-0.2, 0) is 5.88 Å². The van der Waals surface area contributed by atoms with Gasteiger partial charge in [-0.15, -0.1) is 11.6 Å². The Morgan fingerprint density at radius 3 is 2.29 bits per heavy atom. The number of rotatable bonds is 2. The molecule has 2 aromatic carbocycles. The van der Waals surface area contributed by atoms with E-state index in [0.717, 1.165) is 16.7 Å². The molecule has 2 aromatic rings. The minimum absolute atomic E-state index is 0.384. The quantitative estimate of drug-likeness (QED) is 0.592. The Morgan fingerprint density at radius 1 is 0.882 bits per heavy atom. The van der Waals surface area contributed by atoms with Gasteiger partial charge in [0.1, 0.15) is 0 Å². The highest BCUT2D eigenvalue weighted by atomic mass is 35.5. The maximum Gasteiger partial charge on any atom is 0.0499 e. The third-order valence-electron chi connectivity index (χ3n) is 2.44. The molecule has 0 aliphatic carbocycles. The lowest BCUT2D eigenvalue weighted by Crippen LogP contribution is -1.88. The van der Waals surface area contributed by atoms with Gasteiger partial charge >= 0.3 is 0 Å². The second kappa shape index (κ2) is 5.49. The fourth-order valence-corrected chi connectivity index (χ4v) is 2.70. The molecule has 0 nitrogen and oxygen atoms in total. The number of benzene rings is 2. The highest BCUT2D eigenvalue weighted by Gasteiger charge is 2.12. The van der Waals surface area contributed by atoms with Crippen molar-refractivity contribution in [3.05, 3.63) is 57.0 Å². The smallest absolute Gasteiger partial charge is 0.0499 e. The van der Waals surface area contributed by atoms with Crippen LogP contribution in [0.25, 0.3) is 11.1 Å². The number of hydrogen-bond acceptors (Lipinski definition) is 0. The molecule has 0 radical (unpaired) electrons. The zero-order valence-electron chi connectivity index (χ0n) is 8.68. The van der Waals surface area contributed by atoms with Gasteiger partial charge in [0.05, 0.1) is 0 Å². The number of hydrogen-bond donors (Lipinski definition) is 0. The topological polar surface area (TPSA) is 0 Å². The van der Waals surface area contributed by atoms with Crippen molar-refractivity contribution in [2.75, 3.05) is 0 Å². The third kappa shape index (κ3) is 2.71. The monoisotopic (exact) mass is 304 g/mol. The average Bonchev–Trinajstić information content (AvgIpc) is 2.30. The molecule has 0 spiro atoms. The Hall–Kier alpha value is -0.400. The van der Waals surface area contributed by atoms with Gasteiger partial charge in [-0.2, -0.15) is 0 Å². The van der Waals surface area contributed by atoms with Crippen molar-refractivity contribution in [1.29, 1.82) is 0 Å². The van der Waals surface area contributed by atoms with Crippen LogP contribution in [0, 0.1) is 0 Å². The summed E-state index contributed by atoms with van der Waals surface area (Å²) < 4.78 is 0. The molecule has 0 fully saturated rings. The summed E-state index contributed by atoms with van der Waals surface area (Å²) in [4.78, 5) is 0. The van der Waals surface area contributed by atoms with E-state index >= 15 is 0 Å². The van der Waals surface area contributed by atoms with Crippen molar-refractivity contribution < 1.29 is 0 Å². The van der Waals surface area contributed by atoms with Crippen LogP contribution >= 0.6 is 46.4 Å². The van der Waals surface area contributed by atoms with E-state index in [0.29, 0.717) is 20.9 Å². The van der Waals surface area contributed by atoms with Crippen LogP contribution in [0.3, 0.4) is 0 Å². The van der Waals surface area contributed by atoms with Gasteiger partial charge in [0.2, 0.25) is 0 Å². The molecular formula is C13H8Cl4. The molecule has 0 heterocycles. The summed E-state index contributed by atoms with van der Waals surface area (Å²) in [7, 11) is 0. The molecule has 0 amide bonds. The van der Waals surface area contributed by atoms with Gasteiger partial charge in [0.15, 0.2) is 0 Å². The second-order valence-electron chi connectivity index (χ2n) is 3.53. The van der Waals surface area contributed by atoms with E-state index in [2.05, 4.69) is 0 Å². The normalized spacial score (nSPS) is 10.6. The standard InChI is InChI=1S/C13H8Cl4/c14-7-8-2-1-3-11(16)13(8)10-5-4-9(15)6-12(10)17/h1-6H,7H2. The number of halogens is 4. The van der Waals surface area contributed by atoms with Crippen molar-refractivity contribution in [3.63, 3.8) is 0 Å². The third-order valence-corrected chi connectivity index (χ3v) is 3.60. The summed E-state index contributed by atoms with van der Waals surface area (Å²) >= 11 is 24.2. The second-order valence-corrected chi connectivity index (χ2v) is 5.05. The minimum Gasteiger partial charge on any atom is -0.122 e. The van der Waals surface area contributed by atoms with Gasteiger partial charge in [0, 0.05) is 32.1 Å². The van der Waals surface area contributed by atoms with E-state index in [1.54, 1.807) is 12.1 Å². The van der Waals surface area contributed by atoms with E-state index in [-0.39, 0.29) is 0 Å². The molecule has 0 aromatic heterocycles. The zero-order valence-corrected chi connectivity index (χ0v) is 11.7. The Labute approximate surface area is 120 Å². The Kier molecular flexibility index (Phi) is 4.22. The Bertz CT molecular complexity index is 549. The average molecular weight is 306 g/mol. The van der Waals surface area contributed by atoms with Gasteiger partial charge in [-0.3, -0.25) is 0 Å². The van der Waals surface area contributed by atoms with E-state index < -0.39 is 0 Å². The molecule has 0 atom stereocenters. The maximum atomic E-state index is 6.20. The van der Waals surface area contributed by atoms with Crippen LogP contribution in [0.15, 0.2) is 36.4 Å². The van der Waals surface area contributed by atoms with Gasteiger partial charge in [-0.05, 0) is 23.8 Å². The van der Waals surface area contributed by atoms with Gasteiger partial charge < -0.3 is 0 Å². The van der Waals surface area contributed by atoms with Gasteiger partial charge in [-0.1, -0.05) is 53.0 Å². The zero-order chi connectivity index (χ0) is 12.4. The highest BCUT2D eigenvalue weighted by molar-refractivity contribution is 6.38. The van der Waals surface area contributed by atoms with E-state index in [9.17, 15) is 0 Å². The molecule has 0 saturated carbocycles. The maximum absolute atomic E-state index is 6.20. The molecule has 88 valence electrons. The molecular weight excluding hydrogens is 298 g/mol. The Balaban J connectivity index is 2.67. The lowest BCUT2D eigenvalue weighted by atomic mass is 10.0. The lowest BCUT2D eigenvalue weighted by molar-refractivity contribution is 1.40. The van der Waals surface area contributed by atoms with Crippen LogP contribution < -0.4 is 0 Å². The summed E-state index contributed by atoms with van der Waals surface area (Å²) in [5.74, 6) is 0.384. The first-order valence-electron chi connectivity index (χ1n) is 4.92. The van der Waals surface area contributed by atoms with Gasteiger partial charge in [0.25, 0.3) is 0 Å². The van der Waals surface area contributed by atoms with Crippen LogP contribution in [0.5, 0.6) is 0 Å². The summed E-state index contributed by atoms with van der Waals surface area (Å²) in [5.41, 5.74) is 2.66. The fraction of sp³-hybridized carbons (Fsp3) is 0.0769. The predicted molar refractivity (Wildman–Crippen MR) is 76.5 cm³/mol. The first-order chi connectivity index (χ1) is 8.13. The van der Waals surface area contributed by atoms with E-state index in [1.165, 1.54) is 0 Å². The first-order valence-corrected chi connectivity index (χ1v) is 6.59. The molecule has 0 aliphatic heterocycles. The summed E-state index contributed by atoms with van der Waals surface area (Å²) in [6.45, 7) is 0. The summed E-state index contributed by atoms with van der Waals surface area (Å²) in [6.07, 6.45) is 0. The lowest BCUT2D eigenvalue weighted by Gasteiger charge is -2.11. The van der Waals surface area contributed by atoms with Crippen molar-refractivity contribution in [3.8, 4) is 11.1 Å². The molecule has 0 aliphatic rings. The van der Waals surface area contributed by atoms with Crippen LogP contribution in [-0.4, -0.2) is 0 Å². The SMILES string of the molecule is ClCc1cccc(Cl)c1-c1ccc(Cl)cc1Cl. The molecule has 17 heavy (non-hydrogen) atoms. The van der Waals surface area contributed by atoms with Crippen molar-refractivity contribution in [1.82, 2.24) is 0 Å². The first kappa shape index (κ1) is 13.0. The van der Waals surface area contributed by atoms with Crippen LogP contribution in [0.1, 0.15) is 5.56 Å². The summed E-state index contributed by atoms with van der Waals surface area (Å²) in [5, 5.41) is 1.79. The highest BCUT2D eigenvalue weighted by Crippen LogP contribution is 2.37. The minimum atomic E-state index is 0.384. The van der Waals surface area contributed by atoms with E-state index in [4.69, 9.17) is 46.4 Å². The largest absolute Gasteiger partial charge is 0.122 e. The summed E-state index contributed by atoms with van der Waals surface area (Å²) in [6, 6.07) is 10.9. The molecule has 0 saturated heterocycles. The molecule has 2 rings (SSSR count). The molecule has 0 N–H and O–H groups in total. The predicted octanol–water partition coefficient (Wildman–Crippen LogP) is 6.05. The Morgan fingerprint density at radius 2 is 1.65 bits per heavy atom. The van der Waals surface area contributed by atoms with Crippen LogP contribution in [0.2, 0.25) is 15.1 Å². The molecule has 0 unspecified atom stereocenters. The molecule has 4 heteroatoms.